The maximum Gasteiger partial charge on any atom is 0.308 e. The van der Waals surface area contributed by atoms with E-state index in [-0.39, 0.29) is 22.2 Å². The van der Waals surface area contributed by atoms with E-state index in [2.05, 4.69) is 10.3 Å². The van der Waals surface area contributed by atoms with Crippen molar-refractivity contribution >= 4 is 43.3 Å². The van der Waals surface area contributed by atoms with Crippen molar-refractivity contribution in [3.8, 4) is 0 Å². The number of aromatic nitrogens is 2. The second-order valence-corrected chi connectivity index (χ2v) is 9.39. The van der Waals surface area contributed by atoms with Crippen LogP contribution in [-0.2, 0) is 21.4 Å². The van der Waals surface area contributed by atoms with Gasteiger partial charge >= 0.3 is 4.87 Å². The highest BCUT2D eigenvalue weighted by atomic mass is 32.2. The van der Waals surface area contributed by atoms with Gasteiger partial charge in [-0.1, -0.05) is 17.4 Å². The Bertz CT molecular complexity index is 1180. The molecular formula is C18H18N4O4S2. The van der Waals surface area contributed by atoms with Crippen LogP contribution in [0.2, 0.25) is 0 Å². The normalized spacial score (nSPS) is 15.1. The van der Waals surface area contributed by atoms with Crippen molar-refractivity contribution in [3.63, 3.8) is 0 Å². The van der Waals surface area contributed by atoms with Crippen LogP contribution in [0.3, 0.4) is 0 Å². The summed E-state index contributed by atoms with van der Waals surface area (Å²) in [6.07, 6.45) is 3.28. The first-order valence-corrected chi connectivity index (χ1v) is 11.1. The summed E-state index contributed by atoms with van der Waals surface area (Å²) in [5.41, 5.74) is 0.534. The minimum atomic E-state index is -3.56. The molecule has 28 heavy (non-hydrogen) atoms. The SMILES string of the molecule is O=C(Cn1c(=O)sc2cc(S(=O)(=O)N3CCCC3)ccc21)Nc1ccccn1. The lowest BCUT2D eigenvalue weighted by Gasteiger charge is -2.15. The van der Waals surface area contributed by atoms with E-state index in [9.17, 15) is 18.0 Å². The third kappa shape index (κ3) is 3.58. The number of thiazole rings is 1. The Labute approximate surface area is 165 Å². The number of sulfonamides is 1. The van der Waals surface area contributed by atoms with E-state index < -0.39 is 10.0 Å². The standard InChI is InChI=1S/C18H18N4O4S2/c23-17(20-16-5-1-2-8-19-16)12-22-14-7-6-13(11-15(14)27-18(22)24)28(25,26)21-9-3-4-10-21/h1-2,5-8,11H,3-4,9-10,12H2,(H,19,20,23). The first-order valence-electron chi connectivity index (χ1n) is 8.79. The summed E-state index contributed by atoms with van der Waals surface area (Å²) >= 11 is 0.929. The second-order valence-electron chi connectivity index (χ2n) is 6.46. The topological polar surface area (TPSA) is 101 Å². The minimum Gasteiger partial charge on any atom is -0.309 e. The fraction of sp³-hybridized carbons (Fsp3) is 0.278. The van der Waals surface area contributed by atoms with Crippen LogP contribution in [0.4, 0.5) is 5.82 Å². The molecule has 0 atom stereocenters. The molecule has 8 nitrogen and oxygen atoms in total. The Morgan fingerprint density at radius 2 is 1.96 bits per heavy atom. The highest BCUT2D eigenvalue weighted by Gasteiger charge is 2.27. The Balaban J connectivity index is 1.61. The lowest BCUT2D eigenvalue weighted by Crippen LogP contribution is -2.27. The van der Waals surface area contributed by atoms with Crippen molar-refractivity contribution in [2.24, 2.45) is 0 Å². The van der Waals surface area contributed by atoms with Gasteiger partial charge in [-0.2, -0.15) is 4.31 Å². The molecule has 1 saturated heterocycles. The number of hydrogen-bond donors (Lipinski definition) is 1. The fourth-order valence-electron chi connectivity index (χ4n) is 3.20. The van der Waals surface area contributed by atoms with Crippen LogP contribution in [0.1, 0.15) is 12.8 Å². The number of pyridine rings is 1. The fourth-order valence-corrected chi connectivity index (χ4v) is 5.75. The van der Waals surface area contributed by atoms with Crippen LogP contribution in [0.25, 0.3) is 10.2 Å². The first-order chi connectivity index (χ1) is 13.4. The van der Waals surface area contributed by atoms with Crippen molar-refractivity contribution in [1.82, 2.24) is 13.9 Å². The molecule has 1 fully saturated rings. The summed E-state index contributed by atoms with van der Waals surface area (Å²) < 4.78 is 28.8. The van der Waals surface area contributed by atoms with Crippen LogP contribution in [0.15, 0.2) is 52.3 Å². The number of anilines is 1. The lowest BCUT2D eigenvalue weighted by atomic mass is 10.3. The molecule has 10 heteroatoms. The van der Waals surface area contributed by atoms with Crippen LogP contribution in [0.5, 0.6) is 0 Å². The molecule has 0 spiro atoms. The van der Waals surface area contributed by atoms with Gasteiger partial charge in [0, 0.05) is 19.3 Å². The molecule has 1 aromatic carbocycles. The van der Waals surface area contributed by atoms with Crippen LogP contribution in [-0.4, -0.2) is 41.3 Å². The number of benzene rings is 1. The Morgan fingerprint density at radius 3 is 2.68 bits per heavy atom. The minimum absolute atomic E-state index is 0.173. The lowest BCUT2D eigenvalue weighted by molar-refractivity contribution is -0.116. The molecule has 146 valence electrons. The van der Waals surface area contributed by atoms with E-state index in [0.29, 0.717) is 29.1 Å². The maximum atomic E-state index is 12.7. The third-order valence-electron chi connectivity index (χ3n) is 4.58. The summed E-state index contributed by atoms with van der Waals surface area (Å²) in [5, 5.41) is 2.64. The number of amides is 1. The summed E-state index contributed by atoms with van der Waals surface area (Å²) in [5.74, 6) is 0.0216. The molecule has 3 heterocycles. The smallest absolute Gasteiger partial charge is 0.308 e. The molecule has 0 saturated carbocycles. The van der Waals surface area contributed by atoms with Gasteiger partial charge in [0.1, 0.15) is 12.4 Å². The zero-order chi connectivity index (χ0) is 19.7. The largest absolute Gasteiger partial charge is 0.309 e. The molecule has 0 bridgehead atoms. The van der Waals surface area contributed by atoms with Crippen LogP contribution in [0, 0.1) is 0 Å². The highest BCUT2D eigenvalue weighted by molar-refractivity contribution is 7.89. The maximum absolute atomic E-state index is 12.7. The second kappa shape index (κ2) is 7.46. The number of carbonyl (C=O) groups is 1. The molecule has 1 amide bonds. The van der Waals surface area contributed by atoms with Gasteiger partial charge in [0.05, 0.1) is 15.1 Å². The molecule has 2 aromatic heterocycles. The number of hydrogen-bond acceptors (Lipinski definition) is 6. The number of fused-ring (bicyclic) bond motifs is 1. The third-order valence-corrected chi connectivity index (χ3v) is 7.41. The molecule has 0 aliphatic carbocycles. The van der Waals surface area contributed by atoms with Gasteiger partial charge in [0.2, 0.25) is 15.9 Å². The quantitative estimate of drug-likeness (QED) is 0.682. The van der Waals surface area contributed by atoms with Gasteiger partial charge in [0.15, 0.2) is 0 Å². The van der Waals surface area contributed by atoms with Crippen molar-refractivity contribution in [2.75, 3.05) is 18.4 Å². The Morgan fingerprint density at radius 1 is 1.18 bits per heavy atom. The van der Waals surface area contributed by atoms with Gasteiger partial charge < -0.3 is 5.32 Å². The van der Waals surface area contributed by atoms with Gasteiger partial charge in [0.25, 0.3) is 0 Å². The summed E-state index contributed by atoms with van der Waals surface area (Å²) in [6.45, 7) is 0.865. The van der Waals surface area contributed by atoms with E-state index in [1.54, 1.807) is 30.5 Å². The van der Waals surface area contributed by atoms with Crippen molar-refractivity contribution < 1.29 is 13.2 Å². The predicted octanol–water partition coefficient (Wildman–Crippen LogP) is 1.88. The summed E-state index contributed by atoms with van der Waals surface area (Å²) in [7, 11) is -3.56. The molecule has 3 aromatic rings. The molecule has 1 aliphatic heterocycles. The average molecular weight is 419 g/mol. The number of nitrogens with zero attached hydrogens (tertiary/aromatic N) is 3. The van der Waals surface area contributed by atoms with Crippen LogP contribution >= 0.6 is 11.3 Å². The van der Waals surface area contributed by atoms with Gasteiger partial charge in [-0.15, -0.1) is 0 Å². The van der Waals surface area contributed by atoms with Gasteiger partial charge in [-0.25, -0.2) is 13.4 Å². The number of nitrogens with one attached hydrogen (secondary N) is 1. The predicted molar refractivity (Wildman–Crippen MR) is 107 cm³/mol. The summed E-state index contributed by atoms with van der Waals surface area (Å²) in [6, 6.07) is 9.74. The highest BCUT2D eigenvalue weighted by Crippen LogP contribution is 2.26. The molecule has 0 unspecified atom stereocenters. The van der Waals surface area contributed by atoms with E-state index in [1.165, 1.54) is 21.0 Å². The molecule has 1 N–H and O–H groups in total. The summed E-state index contributed by atoms with van der Waals surface area (Å²) in [4.78, 5) is 28.5. The average Bonchev–Trinajstić information content (AvgIpc) is 3.31. The van der Waals surface area contributed by atoms with Crippen molar-refractivity contribution in [3.05, 3.63) is 52.3 Å². The molecular weight excluding hydrogens is 400 g/mol. The van der Waals surface area contributed by atoms with Crippen molar-refractivity contribution in [2.45, 2.75) is 24.3 Å². The Hall–Kier alpha value is -2.56. The molecule has 4 rings (SSSR count). The van der Waals surface area contributed by atoms with Gasteiger partial charge in [-0.3, -0.25) is 14.2 Å². The van der Waals surface area contributed by atoms with E-state index in [4.69, 9.17) is 0 Å². The van der Waals surface area contributed by atoms with Crippen molar-refractivity contribution in [1.29, 1.82) is 0 Å². The Kier molecular flexibility index (Phi) is 5.00. The molecule has 0 radical (unpaired) electrons. The number of rotatable bonds is 5. The zero-order valence-electron chi connectivity index (χ0n) is 14.9. The van der Waals surface area contributed by atoms with Crippen LogP contribution < -0.4 is 10.2 Å². The monoisotopic (exact) mass is 418 g/mol. The van der Waals surface area contributed by atoms with E-state index in [1.807, 2.05) is 0 Å². The van der Waals surface area contributed by atoms with E-state index in [0.717, 1.165) is 24.2 Å². The first kappa shape index (κ1) is 18.8. The molecule has 1 aliphatic rings. The van der Waals surface area contributed by atoms with Gasteiger partial charge in [-0.05, 0) is 43.2 Å². The zero-order valence-corrected chi connectivity index (χ0v) is 16.5. The number of carbonyl (C=O) groups excluding carboxylic acids is 1. The van der Waals surface area contributed by atoms with E-state index >= 15 is 0 Å².